The summed E-state index contributed by atoms with van der Waals surface area (Å²) in [6, 6.07) is 5.28. The maximum Gasteiger partial charge on any atom is 0.274 e. The minimum absolute atomic E-state index is 0.00619. The van der Waals surface area contributed by atoms with E-state index in [2.05, 4.69) is 15.3 Å². The molecule has 0 radical (unpaired) electrons. The summed E-state index contributed by atoms with van der Waals surface area (Å²) in [6.07, 6.45) is 1.55. The highest BCUT2D eigenvalue weighted by Crippen LogP contribution is 2.66. The molecule has 1 aromatic carbocycles. The molecule has 32 heavy (non-hydrogen) atoms. The lowest BCUT2D eigenvalue weighted by Gasteiger charge is -2.34. The van der Waals surface area contributed by atoms with Crippen LogP contribution in [0.15, 0.2) is 29.4 Å². The van der Waals surface area contributed by atoms with Crippen LogP contribution in [-0.4, -0.2) is 39.2 Å². The van der Waals surface area contributed by atoms with Gasteiger partial charge in [-0.25, -0.2) is 23.1 Å². The van der Waals surface area contributed by atoms with Crippen LogP contribution >= 0.6 is 11.8 Å². The number of pyridine rings is 1. The summed E-state index contributed by atoms with van der Waals surface area (Å²) < 4.78 is 43.0. The van der Waals surface area contributed by atoms with Crippen LogP contribution in [0.5, 0.6) is 0 Å². The second kappa shape index (κ2) is 7.79. The lowest BCUT2D eigenvalue weighted by molar-refractivity contribution is 0.102. The van der Waals surface area contributed by atoms with Crippen molar-refractivity contribution in [3.63, 3.8) is 0 Å². The molecule has 1 aliphatic carbocycles. The number of aliphatic hydroxyl groups excluding tert-OH is 1. The number of nitrogens with one attached hydrogen (secondary N) is 1. The summed E-state index contributed by atoms with van der Waals surface area (Å²) in [4.78, 5) is 20.7. The Balaban J connectivity index is 1.74. The number of alkyl halides is 1. The van der Waals surface area contributed by atoms with Crippen LogP contribution in [0, 0.1) is 35.8 Å². The monoisotopic (exact) mass is 461 g/mol. The molecule has 1 aromatic heterocycles. The second-order valence-corrected chi connectivity index (χ2v) is 9.30. The van der Waals surface area contributed by atoms with Crippen molar-refractivity contribution in [1.29, 1.82) is 5.26 Å². The summed E-state index contributed by atoms with van der Waals surface area (Å²) >= 11 is 1.10. The average Bonchev–Trinajstić information content (AvgIpc) is 3.50. The van der Waals surface area contributed by atoms with Gasteiger partial charge in [0.25, 0.3) is 5.91 Å². The quantitative estimate of drug-likeness (QED) is 0.629. The number of anilines is 1. The van der Waals surface area contributed by atoms with Gasteiger partial charge in [-0.2, -0.15) is 5.26 Å². The number of nitrogens with zero attached hydrogens (tertiary/aromatic N) is 3. The number of hydrogen-bond donors (Lipinski definition) is 3. The molecule has 1 saturated carbocycles. The number of nitrogens with two attached hydrogens (primary N) is 1. The number of nitriles is 1. The van der Waals surface area contributed by atoms with E-state index in [4.69, 9.17) is 11.0 Å². The fraction of sp³-hybridized carbons (Fsp3) is 0.333. The number of benzene rings is 1. The summed E-state index contributed by atoms with van der Waals surface area (Å²) in [5.74, 6) is -3.89. The topological polar surface area (TPSA) is 124 Å². The second-order valence-electron chi connectivity index (χ2n) is 7.86. The van der Waals surface area contributed by atoms with Gasteiger partial charge in [0, 0.05) is 29.4 Å². The minimum Gasteiger partial charge on any atom is -0.395 e. The van der Waals surface area contributed by atoms with Crippen LogP contribution in [0.2, 0.25) is 0 Å². The van der Waals surface area contributed by atoms with Crippen molar-refractivity contribution < 1.29 is 23.1 Å². The molecule has 3 atom stereocenters. The maximum absolute atomic E-state index is 14.9. The first-order valence-electron chi connectivity index (χ1n) is 9.58. The van der Waals surface area contributed by atoms with Crippen molar-refractivity contribution >= 4 is 28.5 Å². The van der Waals surface area contributed by atoms with Crippen LogP contribution in [0.3, 0.4) is 0 Å². The highest BCUT2D eigenvalue weighted by molar-refractivity contribution is 8.15. The summed E-state index contributed by atoms with van der Waals surface area (Å²) in [5.41, 5.74) is 4.20. The number of aromatic nitrogens is 1. The highest BCUT2D eigenvalue weighted by Gasteiger charge is 2.68. The number of rotatable bonds is 5. The molecule has 2 heterocycles. The van der Waals surface area contributed by atoms with E-state index in [1.807, 2.05) is 6.07 Å². The molecule has 1 aliphatic heterocycles. The standard InChI is InChI=1S/C21H18F3N5O2S/c1-10-2-11(6-25)7-27-17(10)18(31)28-12-3-13(16(24)14(23)4-12)21(8-22)15-5-20(15,9-30)32-19(26)29-21/h2-4,7,15,30H,5,8-9H2,1H3,(H2,26,29)(H,28,31)/t15?,20-,21-/m1/s1. The lowest BCUT2D eigenvalue weighted by Crippen LogP contribution is -2.41. The SMILES string of the molecule is Cc1cc(C#N)cnc1C(=O)Nc1cc(F)c(F)c([C@@]2(CF)N=C(N)S[C@@]3(CO)CC32)c1. The van der Waals surface area contributed by atoms with Gasteiger partial charge in [0.05, 0.1) is 16.9 Å². The molecule has 1 amide bonds. The number of halogens is 3. The summed E-state index contributed by atoms with van der Waals surface area (Å²) in [6.45, 7) is 0.103. The number of amidine groups is 1. The van der Waals surface area contributed by atoms with E-state index in [0.29, 0.717) is 12.0 Å². The Morgan fingerprint density at radius 2 is 2.19 bits per heavy atom. The van der Waals surface area contributed by atoms with Gasteiger partial charge in [-0.1, -0.05) is 11.8 Å². The smallest absolute Gasteiger partial charge is 0.274 e. The van der Waals surface area contributed by atoms with Gasteiger partial charge in [0.1, 0.15) is 24.0 Å². The third-order valence-electron chi connectivity index (χ3n) is 5.86. The van der Waals surface area contributed by atoms with Gasteiger partial charge in [-0.05, 0) is 31.0 Å². The van der Waals surface area contributed by atoms with Crippen LogP contribution in [0.1, 0.15) is 33.6 Å². The van der Waals surface area contributed by atoms with Gasteiger partial charge in [-0.15, -0.1) is 0 Å². The number of aryl methyl sites for hydroxylation is 1. The highest BCUT2D eigenvalue weighted by atomic mass is 32.2. The fourth-order valence-electron chi connectivity index (χ4n) is 4.20. The van der Waals surface area contributed by atoms with Gasteiger partial charge in [0.15, 0.2) is 16.8 Å². The van der Waals surface area contributed by atoms with Crippen molar-refractivity contribution in [1.82, 2.24) is 4.98 Å². The van der Waals surface area contributed by atoms with E-state index >= 15 is 0 Å². The fourth-order valence-corrected chi connectivity index (χ4v) is 5.48. The maximum atomic E-state index is 14.9. The Labute approximate surface area is 185 Å². The Morgan fingerprint density at radius 3 is 2.81 bits per heavy atom. The van der Waals surface area contributed by atoms with Crippen LogP contribution in [0.25, 0.3) is 0 Å². The molecule has 1 fully saturated rings. The number of carbonyl (C=O) groups excluding carboxylic acids is 1. The summed E-state index contributed by atoms with van der Waals surface area (Å²) in [7, 11) is 0. The normalized spacial score (nSPS) is 26.0. The Kier molecular flexibility index (Phi) is 5.38. The van der Waals surface area contributed by atoms with E-state index in [9.17, 15) is 23.1 Å². The zero-order valence-electron chi connectivity index (χ0n) is 16.8. The van der Waals surface area contributed by atoms with E-state index in [-0.39, 0.29) is 34.3 Å². The molecule has 4 rings (SSSR count). The average molecular weight is 461 g/mol. The van der Waals surface area contributed by atoms with Crippen molar-refractivity contribution in [3.05, 3.63) is 58.4 Å². The molecule has 166 valence electrons. The third-order valence-corrected chi connectivity index (χ3v) is 7.15. The first-order valence-corrected chi connectivity index (χ1v) is 10.4. The molecule has 4 N–H and O–H groups in total. The van der Waals surface area contributed by atoms with Crippen LogP contribution in [-0.2, 0) is 5.54 Å². The van der Waals surface area contributed by atoms with Crippen molar-refractivity contribution in [3.8, 4) is 6.07 Å². The molecule has 11 heteroatoms. The van der Waals surface area contributed by atoms with Crippen molar-refractivity contribution in [2.24, 2.45) is 16.6 Å². The molecule has 0 spiro atoms. The Hall–Kier alpha value is -3.10. The van der Waals surface area contributed by atoms with E-state index in [0.717, 1.165) is 23.9 Å². The number of fused-ring (bicyclic) bond motifs is 1. The summed E-state index contributed by atoms with van der Waals surface area (Å²) in [5, 5.41) is 21.1. The molecule has 0 saturated heterocycles. The largest absolute Gasteiger partial charge is 0.395 e. The molecule has 2 aliphatic rings. The molecule has 2 aromatic rings. The minimum atomic E-state index is -1.81. The third kappa shape index (κ3) is 3.40. The number of amides is 1. The van der Waals surface area contributed by atoms with Crippen molar-refractivity contribution in [2.75, 3.05) is 18.6 Å². The van der Waals surface area contributed by atoms with Crippen LogP contribution < -0.4 is 11.1 Å². The molecular weight excluding hydrogens is 443 g/mol. The predicted octanol–water partition coefficient (Wildman–Crippen LogP) is 2.77. The van der Waals surface area contributed by atoms with E-state index in [1.54, 1.807) is 6.92 Å². The lowest BCUT2D eigenvalue weighted by atomic mass is 9.84. The van der Waals surface area contributed by atoms with E-state index in [1.165, 1.54) is 12.3 Å². The number of hydrogen-bond acceptors (Lipinski definition) is 7. The van der Waals surface area contributed by atoms with Crippen molar-refractivity contribution in [2.45, 2.75) is 23.6 Å². The van der Waals surface area contributed by atoms with Crippen LogP contribution in [0.4, 0.5) is 18.9 Å². The molecule has 1 unspecified atom stereocenters. The Morgan fingerprint density at radius 1 is 1.44 bits per heavy atom. The predicted molar refractivity (Wildman–Crippen MR) is 113 cm³/mol. The number of carbonyl (C=O) groups is 1. The zero-order chi connectivity index (χ0) is 23.3. The van der Waals surface area contributed by atoms with Gasteiger partial charge in [0.2, 0.25) is 0 Å². The Bertz CT molecular complexity index is 1200. The van der Waals surface area contributed by atoms with Gasteiger partial charge < -0.3 is 16.2 Å². The number of aliphatic hydroxyl groups is 1. The number of aliphatic imine (C=N–C) groups is 1. The molecule has 0 bridgehead atoms. The molecule has 7 nitrogen and oxygen atoms in total. The van der Waals surface area contributed by atoms with Gasteiger partial charge >= 0.3 is 0 Å². The first-order chi connectivity index (χ1) is 15.2. The first kappa shape index (κ1) is 22.1. The number of thioether (sulfide) groups is 1. The molecular formula is C21H18F3N5O2S. The zero-order valence-corrected chi connectivity index (χ0v) is 17.6. The van der Waals surface area contributed by atoms with Gasteiger partial charge in [-0.3, -0.25) is 4.79 Å². The van der Waals surface area contributed by atoms with E-state index < -0.39 is 40.4 Å².